The lowest BCUT2D eigenvalue weighted by atomic mass is 10.0. The summed E-state index contributed by atoms with van der Waals surface area (Å²) in [6, 6.07) is 9.42. The fourth-order valence-corrected chi connectivity index (χ4v) is 9.80. The Labute approximate surface area is 252 Å². The van der Waals surface area contributed by atoms with Crippen LogP contribution in [0.4, 0.5) is 28.9 Å². The summed E-state index contributed by atoms with van der Waals surface area (Å²) < 4.78 is 97.9. The molecule has 226 valence electrons. The van der Waals surface area contributed by atoms with Crippen LogP contribution in [0.3, 0.4) is 0 Å². The third-order valence-corrected chi connectivity index (χ3v) is 12.4. The van der Waals surface area contributed by atoms with Gasteiger partial charge in [0, 0.05) is 30.7 Å². The number of nitrogens with one attached hydrogen (secondary N) is 2. The maximum Gasteiger partial charge on any atom is 0.393 e. The number of nitrogens with zero attached hydrogens (tertiary/aromatic N) is 1. The molecular formula is C31H36F4N3O2PS. The van der Waals surface area contributed by atoms with E-state index in [1.807, 2.05) is 11.9 Å². The van der Waals surface area contributed by atoms with Crippen LogP contribution in [0.15, 0.2) is 36.4 Å². The molecule has 11 heteroatoms. The average molecular weight is 625 g/mol. The quantitative estimate of drug-likeness (QED) is 0.167. The van der Waals surface area contributed by atoms with E-state index in [0.29, 0.717) is 52.1 Å². The van der Waals surface area contributed by atoms with Gasteiger partial charge in [0.05, 0.1) is 51.1 Å². The van der Waals surface area contributed by atoms with Gasteiger partial charge in [0.25, 0.3) is 0 Å². The Morgan fingerprint density at radius 2 is 2.00 bits per heavy atom. The fourth-order valence-electron chi connectivity index (χ4n) is 5.72. The molecule has 0 saturated carbocycles. The number of piperidine rings is 1. The van der Waals surface area contributed by atoms with Crippen LogP contribution >= 0.6 is 18.5 Å². The number of hydrogen-bond acceptors (Lipinski definition) is 6. The molecular weight excluding hydrogens is 585 g/mol. The zero-order chi connectivity index (χ0) is 32.4. The van der Waals surface area contributed by atoms with Gasteiger partial charge in [-0.3, -0.25) is 0 Å². The van der Waals surface area contributed by atoms with Gasteiger partial charge in [0.1, 0.15) is 19.1 Å². The van der Waals surface area contributed by atoms with Gasteiger partial charge in [0.2, 0.25) is 0 Å². The Balaban J connectivity index is 1.40. The van der Waals surface area contributed by atoms with E-state index in [0.717, 1.165) is 30.6 Å². The molecule has 2 fully saturated rings. The molecule has 2 aliphatic heterocycles. The summed E-state index contributed by atoms with van der Waals surface area (Å²) in [6.45, 7) is 0.975. The number of methoxy groups -OCH3 is 1. The number of likely N-dealkylation sites (tertiary alicyclic amines) is 1. The van der Waals surface area contributed by atoms with Crippen LogP contribution in [0.25, 0.3) is 10.1 Å². The van der Waals surface area contributed by atoms with Gasteiger partial charge >= 0.3 is 6.18 Å². The fraction of sp³-hybridized carbons (Fsp3) is 0.484. The van der Waals surface area contributed by atoms with E-state index in [1.165, 1.54) is 6.07 Å². The molecule has 0 radical (unpaired) electrons. The molecule has 2 saturated heterocycles. The predicted octanol–water partition coefficient (Wildman–Crippen LogP) is 7.10. The van der Waals surface area contributed by atoms with E-state index in [-0.39, 0.29) is 29.3 Å². The minimum absolute atomic E-state index is 0.0156. The van der Waals surface area contributed by atoms with Crippen molar-refractivity contribution in [3.05, 3.63) is 46.8 Å². The highest BCUT2D eigenvalue weighted by molar-refractivity contribution is 7.71. The first-order chi connectivity index (χ1) is 21.2. The third-order valence-electron chi connectivity index (χ3n) is 7.93. The molecule has 2 atom stereocenters. The molecule has 2 aliphatic rings. The molecule has 0 amide bonds. The number of halogens is 4. The van der Waals surface area contributed by atoms with E-state index in [9.17, 15) is 22.1 Å². The highest BCUT2D eigenvalue weighted by Crippen LogP contribution is 2.50. The first-order valence-electron chi connectivity index (χ1n) is 15.6. The van der Waals surface area contributed by atoms with Crippen molar-refractivity contribution in [2.75, 3.05) is 56.7 Å². The molecule has 0 spiro atoms. The molecule has 42 heavy (non-hydrogen) atoms. The number of alkyl halides is 4. The Bertz CT molecular complexity index is 1630. The van der Waals surface area contributed by atoms with Gasteiger partial charge in [-0.2, -0.15) is 13.2 Å². The van der Waals surface area contributed by atoms with E-state index in [2.05, 4.69) is 22.5 Å². The molecule has 2 aromatic carbocycles. The smallest absolute Gasteiger partial charge is 0.393 e. The van der Waals surface area contributed by atoms with Crippen LogP contribution in [0.1, 0.15) is 40.2 Å². The van der Waals surface area contributed by atoms with E-state index in [4.69, 9.17) is 8.85 Å². The maximum absolute atomic E-state index is 14.8. The minimum Gasteiger partial charge on any atom is -0.495 e. The van der Waals surface area contributed by atoms with Crippen molar-refractivity contribution in [2.24, 2.45) is 0 Å². The van der Waals surface area contributed by atoms with Crippen LogP contribution in [0.5, 0.6) is 5.75 Å². The van der Waals surface area contributed by atoms with Gasteiger partial charge < -0.3 is 24.8 Å². The number of benzene rings is 2. The van der Waals surface area contributed by atoms with E-state index in [1.54, 1.807) is 30.3 Å². The van der Waals surface area contributed by atoms with Crippen LogP contribution in [0, 0.1) is 11.8 Å². The topological polar surface area (TPSA) is 53.6 Å². The van der Waals surface area contributed by atoms with Crippen molar-refractivity contribution >= 4 is 45.2 Å². The molecule has 0 bridgehead atoms. The van der Waals surface area contributed by atoms with Crippen molar-refractivity contribution in [1.82, 2.24) is 4.90 Å². The lowest BCUT2D eigenvalue weighted by molar-refractivity contribution is -0.126. The first kappa shape index (κ1) is 26.9. The number of ether oxygens (including phenoxy) is 1. The molecule has 3 aromatic rings. The van der Waals surface area contributed by atoms with E-state index < -0.39 is 39.0 Å². The summed E-state index contributed by atoms with van der Waals surface area (Å²) in [4.78, 5) is 2.16. The van der Waals surface area contributed by atoms with Crippen molar-refractivity contribution < 1.29 is 31.0 Å². The lowest BCUT2D eigenvalue weighted by Crippen LogP contribution is -2.46. The third kappa shape index (κ3) is 7.07. The molecule has 0 aliphatic carbocycles. The Kier molecular flexibility index (Phi) is 8.23. The van der Waals surface area contributed by atoms with E-state index >= 15 is 0 Å². The van der Waals surface area contributed by atoms with Gasteiger partial charge in [-0.05, 0) is 61.5 Å². The summed E-state index contributed by atoms with van der Waals surface area (Å²) in [5.41, 5.74) is 0.963. The predicted molar refractivity (Wildman–Crippen MR) is 165 cm³/mol. The Morgan fingerprint density at radius 1 is 1.19 bits per heavy atom. The highest BCUT2D eigenvalue weighted by Gasteiger charge is 2.32. The highest BCUT2D eigenvalue weighted by atomic mass is 32.1. The zero-order valence-electron chi connectivity index (χ0n) is 26.3. The molecule has 2 unspecified atom stereocenters. The van der Waals surface area contributed by atoms with Crippen LogP contribution < -0.4 is 20.7 Å². The van der Waals surface area contributed by atoms with Crippen LogP contribution in [-0.4, -0.2) is 69.3 Å². The molecule has 2 N–H and O–H groups in total. The summed E-state index contributed by atoms with van der Waals surface area (Å²) >= 11 is 1.13. The SMILES string of the molecule is [2H]C([2H])([2H])Oc1cc(P2(=O)CCCCC2)ccc1NCC#Cc1sc2c(NC3CCN(C)CC3F)cccc2c1CC(F)(F)F. The molecule has 3 heterocycles. The van der Waals surface area contributed by atoms with Crippen LogP contribution in [0.2, 0.25) is 0 Å². The van der Waals surface area contributed by atoms with Gasteiger partial charge in [-0.1, -0.05) is 30.4 Å². The van der Waals surface area contributed by atoms with Gasteiger partial charge in [-0.15, -0.1) is 11.3 Å². The second-order valence-electron chi connectivity index (χ2n) is 11.0. The zero-order valence-corrected chi connectivity index (χ0v) is 25.0. The first-order valence-corrected chi connectivity index (χ1v) is 16.9. The number of anilines is 2. The second-order valence-corrected chi connectivity index (χ2v) is 15.2. The number of thiophene rings is 1. The summed E-state index contributed by atoms with van der Waals surface area (Å²) in [5.74, 6) is 5.77. The molecule has 1 aromatic heterocycles. The summed E-state index contributed by atoms with van der Waals surface area (Å²) in [5, 5.41) is 7.23. The molecule has 5 nitrogen and oxygen atoms in total. The Morgan fingerprint density at radius 3 is 2.74 bits per heavy atom. The largest absolute Gasteiger partial charge is 0.495 e. The minimum atomic E-state index is -4.47. The summed E-state index contributed by atoms with van der Waals surface area (Å²) in [7, 11) is -3.54. The maximum atomic E-state index is 14.8. The summed E-state index contributed by atoms with van der Waals surface area (Å²) in [6.07, 6.45) is -2.33. The number of hydrogen-bond donors (Lipinski definition) is 2. The van der Waals surface area contributed by atoms with Crippen molar-refractivity contribution in [3.63, 3.8) is 0 Å². The van der Waals surface area contributed by atoms with Crippen molar-refractivity contribution in [3.8, 4) is 17.6 Å². The molecule has 5 rings (SSSR count). The van der Waals surface area contributed by atoms with Gasteiger partial charge in [-0.25, -0.2) is 4.39 Å². The monoisotopic (exact) mass is 624 g/mol. The van der Waals surface area contributed by atoms with Crippen LogP contribution in [-0.2, 0) is 11.0 Å². The normalized spacial score (nSPS) is 22.4. The number of rotatable bonds is 7. The Hall–Kier alpha value is -2.73. The van der Waals surface area contributed by atoms with Crippen molar-refractivity contribution in [2.45, 2.75) is 50.5 Å². The lowest BCUT2D eigenvalue weighted by Gasteiger charge is -2.33. The average Bonchev–Trinajstić information content (AvgIpc) is 3.29. The second kappa shape index (κ2) is 12.9. The number of fused-ring (bicyclic) bond motifs is 1. The van der Waals surface area contributed by atoms with Crippen molar-refractivity contribution in [1.29, 1.82) is 0 Å². The standard InChI is InChI=1S/C31H36F4N3O2PS/c1-38-15-13-25(24(32)20-38)37-27-9-6-8-22-23(19-31(33,34)35)29(42-30(22)27)10-7-14-36-26-12-11-21(18-28(26)40-2)41(39)16-4-3-5-17-41/h6,8-9,11-12,18,24-25,36-37H,3-5,13-17,19-20H2,1-2H3/i2D3. The van der Waals surface area contributed by atoms with Gasteiger partial charge in [0.15, 0.2) is 0 Å².